The maximum atomic E-state index is 3.95. The molecule has 0 spiro atoms. The van der Waals surface area contributed by atoms with Gasteiger partial charge < -0.3 is 5.32 Å². The Morgan fingerprint density at radius 2 is 1.61 bits per heavy atom. The van der Waals surface area contributed by atoms with Gasteiger partial charge in [-0.1, -0.05) is 40.5 Å². The number of nitrogens with one attached hydrogen (secondary N) is 1. The Hall–Kier alpha value is -0.0400. The molecule has 0 aromatic carbocycles. The van der Waals surface area contributed by atoms with Crippen molar-refractivity contribution in [1.29, 1.82) is 0 Å². The largest absolute Gasteiger partial charge is 0.311 e. The zero-order chi connectivity index (χ0) is 13.2. The predicted molar refractivity (Wildman–Crippen MR) is 79.8 cm³/mol. The molecule has 2 saturated carbocycles. The Balaban J connectivity index is 1.71. The van der Waals surface area contributed by atoms with Crippen molar-refractivity contribution in [3.05, 3.63) is 0 Å². The lowest BCUT2D eigenvalue weighted by Crippen LogP contribution is -2.41. The van der Waals surface area contributed by atoms with Gasteiger partial charge in [-0.3, -0.25) is 0 Å². The normalized spacial score (nSPS) is 31.3. The van der Waals surface area contributed by atoms with Crippen molar-refractivity contribution in [2.75, 3.05) is 0 Å². The molecule has 106 valence electrons. The van der Waals surface area contributed by atoms with E-state index >= 15 is 0 Å². The third-order valence-corrected chi connectivity index (χ3v) is 5.23. The van der Waals surface area contributed by atoms with Crippen LogP contribution in [0.3, 0.4) is 0 Å². The summed E-state index contributed by atoms with van der Waals surface area (Å²) in [5.41, 5.74) is 0.517. The summed E-state index contributed by atoms with van der Waals surface area (Å²) in [6, 6.07) is 1.61. The van der Waals surface area contributed by atoms with Gasteiger partial charge in [-0.15, -0.1) is 0 Å². The van der Waals surface area contributed by atoms with E-state index in [9.17, 15) is 0 Å². The molecule has 1 atom stereocenters. The second kappa shape index (κ2) is 5.94. The van der Waals surface area contributed by atoms with Crippen LogP contribution in [0.4, 0.5) is 0 Å². The summed E-state index contributed by atoms with van der Waals surface area (Å²) in [5, 5.41) is 3.95. The van der Waals surface area contributed by atoms with Gasteiger partial charge in [-0.25, -0.2) is 0 Å². The molecule has 2 aliphatic rings. The maximum absolute atomic E-state index is 3.95. The van der Waals surface area contributed by atoms with Gasteiger partial charge in [0, 0.05) is 12.1 Å². The third-order valence-electron chi connectivity index (χ3n) is 5.23. The molecule has 18 heavy (non-hydrogen) atoms. The predicted octanol–water partition coefficient (Wildman–Crippen LogP) is 4.76. The summed E-state index contributed by atoms with van der Waals surface area (Å²) >= 11 is 0. The Morgan fingerprint density at radius 3 is 2.06 bits per heavy atom. The zero-order valence-corrected chi connectivity index (χ0v) is 13.0. The molecule has 0 aromatic heterocycles. The van der Waals surface area contributed by atoms with E-state index in [1.54, 1.807) is 0 Å². The highest BCUT2D eigenvalue weighted by Crippen LogP contribution is 2.38. The van der Waals surface area contributed by atoms with Gasteiger partial charge in [0.25, 0.3) is 0 Å². The second-order valence-electron chi connectivity index (χ2n) is 7.87. The number of hydrogen-bond acceptors (Lipinski definition) is 1. The Labute approximate surface area is 114 Å². The summed E-state index contributed by atoms with van der Waals surface area (Å²) in [6.45, 7) is 9.58. The van der Waals surface area contributed by atoms with Crippen LogP contribution in [0.25, 0.3) is 0 Å². The number of rotatable bonds is 5. The van der Waals surface area contributed by atoms with E-state index in [0.29, 0.717) is 5.41 Å². The van der Waals surface area contributed by atoms with E-state index in [4.69, 9.17) is 0 Å². The van der Waals surface area contributed by atoms with Crippen LogP contribution in [0, 0.1) is 17.3 Å². The van der Waals surface area contributed by atoms with Crippen molar-refractivity contribution in [2.45, 2.75) is 91.1 Å². The average Bonchev–Trinajstić information content (AvgIpc) is 3.11. The van der Waals surface area contributed by atoms with Crippen LogP contribution in [0.2, 0.25) is 0 Å². The highest BCUT2D eigenvalue weighted by molar-refractivity contribution is 4.86. The lowest BCUT2D eigenvalue weighted by Gasteiger charge is -2.38. The minimum absolute atomic E-state index is 0.517. The molecule has 2 fully saturated rings. The van der Waals surface area contributed by atoms with Crippen LogP contribution < -0.4 is 5.32 Å². The average molecular weight is 251 g/mol. The third kappa shape index (κ3) is 4.26. The van der Waals surface area contributed by atoms with Gasteiger partial charge in [0.1, 0.15) is 0 Å². The van der Waals surface area contributed by atoms with Crippen LogP contribution >= 0.6 is 0 Å². The molecule has 0 aliphatic heterocycles. The van der Waals surface area contributed by atoms with Gasteiger partial charge >= 0.3 is 0 Å². The molecule has 1 heteroatoms. The number of hydrogen-bond donors (Lipinski definition) is 1. The van der Waals surface area contributed by atoms with Crippen molar-refractivity contribution < 1.29 is 0 Å². The maximum Gasteiger partial charge on any atom is 0.00698 e. The van der Waals surface area contributed by atoms with Crippen molar-refractivity contribution in [2.24, 2.45) is 17.3 Å². The molecule has 1 unspecified atom stereocenters. The Morgan fingerprint density at radius 1 is 1.00 bits per heavy atom. The molecule has 2 rings (SSSR count). The first-order chi connectivity index (χ1) is 8.49. The smallest absolute Gasteiger partial charge is 0.00698 e. The minimum atomic E-state index is 0.517. The first-order valence-electron chi connectivity index (χ1n) is 8.25. The zero-order valence-electron chi connectivity index (χ0n) is 13.0. The van der Waals surface area contributed by atoms with E-state index in [1.165, 1.54) is 51.4 Å². The van der Waals surface area contributed by atoms with Gasteiger partial charge in [-0.05, 0) is 55.8 Å². The lowest BCUT2D eigenvalue weighted by molar-refractivity contribution is 0.154. The highest BCUT2D eigenvalue weighted by atomic mass is 15.0. The summed E-state index contributed by atoms with van der Waals surface area (Å²) < 4.78 is 0. The van der Waals surface area contributed by atoms with Gasteiger partial charge in [-0.2, -0.15) is 0 Å². The molecule has 0 bridgehead atoms. The summed E-state index contributed by atoms with van der Waals surface area (Å²) in [5.74, 6) is 2.01. The first-order valence-corrected chi connectivity index (χ1v) is 8.25. The van der Waals surface area contributed by atoms with Crippen molar-refractivity contribution in [3.63, 3.8) is 0 Å². The molecule has 0 saturated heterocycles. The second-order valence-corrected chi connectivity index (χ2v) is 7.87. The fourth-order valence-corrected chi connectivity index (χ4v) is 3.57. The fraction of sp³-hybridized carbons (Fsp3) is 1.00. The van der Waals surface area contributed by atoms with Gasteiger partial charge in [0.05, 0.1) is 0 Å². The molecule has 2 aliphatic carbocycles. The molecular weight excluding hydrogens is 218 g/mol. The van der Waals surface area contributed by atoms with E-state index in [0.717, 1.165) is 23.9 Å². The SMILES string of the molecule is CCC(CC1CC1)NC1CCC(C(C)(C)C)CC1. The summed E-state index contributed by atoms with van der Waals surface area (Å²) in [4.78, 5) is 0. The molecule has 0 aromatic rings. The highest BCUT2D eigenvalue weighted by Gasteiger charge is 2.31. The van der Waals surface area contributed by atoms with Crippen LogP contribution in [-0.2, 0) is 0 Å². The topological polar surface area (TPSA) is 12.0 Å². The lowest BCUT2D eigenvalue weighted by atomic mass is 9.71. The van der Waals surface area contributed by atoms with E-state index < -0.39 is 0 Å². The Bertz CT molecular complexity index is 241. The van der Waals surface area contributed by atoms with Gasteiger partial charge in [0.15, 0.2) is 0 Å². The van der Waals surface area contributed by atoms with Crippen molar-refractivity contribution in [1.82, 2.24) is 5.32 Å². The Kier molecular flexibility index (Phi) is 4.75. The molecule has 1 N–H and O–H groups in total. The monoisotopic (exact) mass is 251 g/mol. The molecule has 0 amide bonds. The minimum Gasteiger partial charge on any atom is -0.311 e. The van der Waals surface area contributed by atoms with Crippen LogP contribution in [0.5, 0.6) is 0 Å². The molecule has 1 nitrogen and oxygen atoms in total. The van der Waals surface area contributed by atoms with Gasteiger partial charge in [0.2, 0.25) is 0 Å². The van der Waals surface area contributed by atoms with E-state index in [2.05, 4.69) is 33.0 Å². The van der Waals surface area contributed by atoms with Crippen LogP contribution in [-0.4, -0.2) is 12.1 Å². The fourth-order valence-electron chi connectivity index (χ4n) is 3.57. The summed E-state index contributed by atoms with van der Waals surface area (Å²) in [7, 11) is 0. The van der Waals surface area contributed by atoms with Crippen molar-refractivity contribution in [3.8, 4) is 0 Å². The standard InChI is InChI=1S/C17H33N/c1-5-15(12-13-6-7-13)18-16-10-8-14(9-11-16)17(2,3)4/h13-16,18H,5-12H2,1-4H3. The molecule has 0 heterocycles. The first kappa shape index (κ1) is 14.4. The molecular formula is C17H33N. The summed E-state index contributed by atoms with van der Waals surface area (Å²) in [6.07, 6.45) is 11.4. The van der Waals surface area contributed by atoms with Crippen molar-refractivity contribution >= 4 is 0 Å². The van der Waals surface area contributed by atoms with Crippen LogP contribution in [0.15, 0.2) is 0 Å². The van der Waals surface area contributed by atoms with E-state index in [-0.39, 0.29) is 0 Å². The quantitative estimate of drug-likeness (QED) is 0.743. The van der Waals surface area contributed by atoms with Crippen LogP contribution in [0.1, 0.15) is 79.1 Å². The van der Waals surface area contributed by atoms with E-state index in [1.807, 2.05) is 0 Å². The molecule has 0 radical (unpaired) electrons.